The van der Waals surface area contributed by atoms with E-state index in [4.69, 9.17) is 5.73 Å². The number of amides is 3. The molecule has 0 aromatic heterocycles. The highest BCUT2D eigenvalue weighted by Crippen LogP contribution is 2.18. The van der Waals surface area contributed by atoms with Gasteiger partial charge in [0.05, 0.1) is 0 Å². The molecular weight excluding hydrogens is 328 g/mol. The minimum absolute atomic E-state index is 0. The molecule has 6 nitrogen and oxygen atoms in total. The van der Waals surface area contributed by atoms with Gasteiger partial charge >= 0.3 is 6.03 Å². The third-order valence-corrected chi connectivity index (χ3v) is 4.28. The predicted octanol–water partition coefficient (Wildman–Crippen LogP) is 2.08. The Kier molecular flexibility index (Phi) is 7.51. The topological polar surface area (TPSA) is 78.7 Å². The molecule has 0 radical (unpaired) electrons. The predicted molar refractivity (Wildman–Crippen MR) is 98.8 cm³/mol. The van der Waals surface area contributed by atoms with E-state index in [1.807, 2.05) is 12.1 Å². The molecule has 0 saturated carbocycles. The van der Waals surface area contributed by atoms with Crippen molar-refractivity contribution < 1.29 is 9.59 Å². The Morgan fingerprint density at radius 1 is 1.33 bits per heavy atom. The molecule has 1 saturated heterocycles. The van der Waals surface area contributed by atoms with Crippen LogP contribution < -0.4 is 16.0 Å². The molecule has 24 heavy (non-hydrogen) atoms. The summed E-state index contributed by atoms with van der Waals surface area (Å²) in [6.07, 6.45) is 0.784. The molecule has 0 spiro atoms. The van der Waals surface area contributed by atoms with Crippen LogP contribution in [-0.4, -0.2) is 49.6 Å². The summed E-state index contributed by atoms with van der Waals surface area (Å²) in [6, 6.07) is 7.16. The van der Waals surface area contributed by atoms with Crippen molar-refractivity contribution in [3.63, 3.8) is 0 Å². The van der Waals surface area contributed by atoms with Crippen molar-refractivity contribution in [3.05, 3.63) is 29.8 Å². The Hall–Kier alpha value is -1.79. The monoisotopic (exact) mass is 354 g/mol. The summed E-state index contributed by atoms with van der Waals surface area (Å²) in [6.45, 7) is 6.10. The van der Waals surface area contributed by atoms with Crippen molar-refractivity contribution in [1.29, 1.82) is 0 Å². The van der Waals surface area contributed by atoms with E-state index in [9.17, 15) is 9.59 Å². The lowest BCUT2D eigenvalue weighted by atomic mass is 10.0. The number of benzene rings is 1. The average Bonchev–Trinajstić information content (AvgIpc) is 2.97. The Bertz CT molecular complexity index is 562. The molecular formula is C17H27ClN4O2. The van der Waals surface area contributed by atoms with Crippen molar-refractivity contribution >= 4 is 30.0 Å². The van der Waals surface area contributed by atoms with E-state index in [-0.39, 0.29) is 30.4 Å². The molecule has 134 valence electrons. The van der Waals surface area contributed by atoms with E-state index in [2.05, 4.69) is 19.2 Å². The molecule has 1 heterocycles. The first-order valence-electron chi connectivity index (χ1n) is 8.06. The lowest BCUT2D eigenvalue weighted by molar-refractivity contribution is 0.0789. The Labute approximate surface area is 149 Å². The summed E-state index contributed by atoms with van der Waals surface area (Å²) in [5.74, 6) is 0.378. The zero-order chi connectivity index (χ0) is 17.0. The Balaban J connectivity index is 0.00000288. The van der Waals surface area contributed by atoms with Gasteiger partial charge in [-0.2, -0.15) is 0 Å². The van der Waals surface area contributed by atoms with Crippen LogP contribution in [0.2, 0.25) is 0 Å². The van der Waals surface area contributed by atoms with Crippen LogP contribution in [0.4, 0.5) is 10.5 Å². The maximum atomic E-state index is 12.4. The van der Waals surface area contributed by atoms with Gasteiger partial charge in [-0.25, -0.2) is 4.79 Å². The van der Waals surface area contributed by atoms with Crippen LogP contribution >= 0.6 is 12.4 Å². The quantitative estimate of drug-likeness (QED) is 0.821. The SMILES string of the molecule is CC(C)C(N)CCN(C)C(=O)c1ccc(N2CCNC2=O)cc1.Cl. The van der Waals surface area contributed by atoms with Crippen molar-refractivity contribution in [3.8, 4) is 0 Å². The van der Waals surface area contributed by atoms with Gasteiger partial charge in [0.25, 0.3) is 5.91 Å². The summed E-state index contributed by atoms with van der Waals surface area (Å²) < 4.78 is 0. The summed E-state index contributed by atoms with van der Waals surface area (Å²) in [5, 5.41) is 2.76. The van der Waals surface area contributed by atoms with E-state index in [0.717, 1.165) is 12.1 Å². The summed E-state index contributed by atoms with van der Waals surface area (Å²) in [7, 11) is 1.79. The second-order valence-corrected chi connectivity index (χ2v) is 6.35. The number of anilines is 1. The normalized spacial score (nSPS) is 15.0. The van der Waals surface area contributed by atoms with E-state index in [1.165, 1.54) is 0 Å². The number of nitrogens with zero attached hydrogens (tertiary/aromatic N) is 2. The zero-order valence-corrected chi connectivity index (χ0v) is 15.3. The van der Waals surface area contributed by atoms with Crippen LogP contribution in [0.15, 0.2) is 24.3 Å². The molecule has 1 aromatic carbocycles. The van der Waals surface area contributed by atoms with E-state index >= 15 is 0 Å². The van der Waals surface area contributed by atoms with Gasteiger partial charge in [0.2, 0.25) is 0 Å². The number of halogens is 1. The third-order valence-electron chi connectivity index (χ3n) is 4.28. The van der Waals surface area contributed by atoms with Crippen LogP contribution in [0.3, 0.4) is 0 Å². The Morgan fingerprint density at radius 3 is 2.46 bits per heavy atom. The van der Waals surface area contributed by atoms with E-state index < -0.39 is 0 Å². The highest BCUT2D eigenvalue weighted by Gasteiger charge is 2.21. The van der Waals surface area contributed by atoms with Gasteiger partial charge in [-0.15, -0.1) is 12.4 Å². The molecule has 1 atom stereocenters. The molecule has 1 aliphatic heterocycles. The fourth-order valence-electron chi connectivity index (χ4n) is 2.50. The van der Waals surface area contributed by atoms with Gasteiger partial charge in [-0.3, -0.25) is 9.69 Å². The first-order valence-corrected chi connectivity index (χ1v) is 8.06. The van der Waals surface area contributed by atoms with Crippen LogP contribution in [0.25, 0.3) is 0 Å². The molecule has 7 heteroatoms. The number of urea groups is 1. The molecule has 1 unspecified atom stereocenters. The van der Waals surface area contributed by atoms with Gasteiger partial charge in [0, 0.05) is 44.0 Å². The first-order chi connectivity index (χ1) is 10.9. The molecule has 0 aliphatic carbocycles. The largest absolute Gasteiger partial charge is 0.342 e. The van der Waals surface area contributed by atoms with Crippen LogP contribution in [0.5, 0.6) is 0 Å². The van der Waals surface area contributed by atoms with Crippen molar-refractivity contribution in [2.45, 2.75) is 26.3 Å². The minimum Gasteiger partial charge on any atom is -0.342 e. The minimum atomic E-state index is -0.0936. The van der Waals surface area contributed by atoms with E-state index in [1.54, 1.807) is 29.0 Å². The van der Waals surface area contributed by atoms with Gasteiger partial charge in [-0.1, -0.05) is 13.8 Å². The average molecular weight is 355 g/mol. The number of hydrogen-bond donors (Lipinski definition) is 2. The smallest absolute Gasteiger partial charge is 0.321 e. The molecule has 1 aliphatic rings. The summed E-state index contributed by atoms with van der Waals surface area (Å²) in [4.78, 5) is 27.4. The number of carbonyl (C=O) groups excluding carboxylic acids is 2. The van der Waals surface area contributed by atoms with Crippen LogP contribution in [-0.2, 0) is 0 Å². The second-order valence-electron chi connectivity index (χ2n) is 6.35. The lowest BCUT2D eigenvalue weighted by Gasteiger charge is -2.22. The first kappa shape index (κ1) is 20.3. The van der Waals surface area contributed by atoms with Crippen LogP contribution in [0, 0.1) is 5.92 Å². The number of nitrogens with two attached hydrogens (primary N) is 1. The van der Waals surface area contributed by atoms with Crippen molar-refractivity contribution in [1.82, 2.24) is 10.2 Å². The molecule has 3 amide bonds. The fraction of sp³-hybridized carbons (Fsp3) is 0.529. The lowest BCUT2D eigenvalue weighted by Crippen LogP contribution is -2.34. The number of rotatable bonds is 6. The summed E-state index contributed by atoms with van der Waals surface area (Å²) in [5.41, 5.74) is 7.45. The zero-order valence-electron chi connectivity index (χ0n) is 14.5. The third kappa shape index (κ3) is 4.85. The maximum Gasteiger partial charge on any atom is 0.321 e. The maximum absolute atomic E-state index is 12.4. The van der Waals surface area contributed by atoms with Crippen molar-refractivity contribution in [2.75, 3.05) is 31.6 Å². The number of carbonyl (C=O) groups is 2. The molecule has 0 bridgehead atoms. The molecule has 1 aromatic rings. The highest BCUT2D eigenvalue weighted by atomic mass is 35.5. The summed E-state index contributed by atoms with van der Waals surface area (Å²) >= 11 is 0. The van der Waals surface area contributed by atoms with Gasteiger partial charge in [-0.05, 0) is 36.6 Å². The number of nitrogens with one attached hydrogen (secondary N) is 1. The van der Waals surface area contributed by atoms with Gasteiger partial charge < -0.3 is 16.0 Å². The molecule has 3 N–H and O–H groups in total. The van der Waals surface area contributed by atoms with E-state index in [0.29, 0.717) is 31.1 Å². The standard InChI is InChI=1S/C17H26N4O2.ClH/c1-12(2)15(18)8-10-20(3)16(22)13-4-6-14(7-5-13)21-11-9-19-17(21)23;/h4-7,12,15H,8-11,18H2,1-3H3,(H,19,23);1H. The molecule has 1 fully saturated rings. The van der Waals surface area contributed by atoms with Gasteiger partial charge in [0.1, 0.15) is 0 Å². The molecule has 2 rings (SSSR count). The highest BCUT2D eigenvalue weighted by molar-refractivity contribution is 5.96. The second kappa shape index (κ2) is 8.89. The van der Waals surface area contributed by atoms with Crippen LogP contribution in [0.1, 0.15) is 30.6 Å². The van der Waals surface area contributed by atoms with Gasteiger partial charge in [0.15, 0.2) is 0 Å². The number of hydrogen-bond acceptors (Lipinski definition) is 3. The Morgan fingerprint density at radius 2 is 1.96 bits per heavy atom. The fourth-order valence-corrected chi connectivity index (χ4v) is 2.50. The van der Waals surface area contributed by atoms with Crippen molar-refractivity contribution in [2.24, 2.45) is 11.7 Å².